The Morgan fingerprint density at radius 2 is 1.76 bits per heavy atom. The van der Waals surface area contributed by atoms with Crippen molar-refractivity contribution in [2.75, 3.05) is 31.2 Å². The Kier molecular flexibility index (Phi) is 6.11. The monoisotopic (exact) mass is 449 g/mol. The predicted octanol–water partition coefficient (Wildman–Crippen LogP) is 5.37. The normalized spacial score (nSPS) is 14.6. The third-order valence-electron chi connectivity index (χ3n) is 6.39. The summed E-state index contributed by atoms with van der Waals surface area (Å²) < 4.78 is 7.40. The van der Waals surface area contributed by atoms with Gasteiger partial charge in [0.2, 0.25) is 0 Å². The summed E-state index contributed by atoms with van der Waals surface area (Å²) >= 11 is 0. The Morgan fingerprint density at radius 3 is 2.59 bits per heavy atom. The lowest BCUT2D eigenvalue weighted by Crippen LogP contribution is -2.36. The molecule has 6 nitrogen and oxygen atoms in total. The van der Waals surface area contributed by atoms with Gasteiger partial charge in [0.15, 0.2) is 0 Å². The lowest BCUT2D eigenvalue weighted by Gasteiger charge is -2.28. The molecule has 0 N–H and O–H groups in total. The molecule has 1 atom stereocenters. The number of anilines is 1. The molecule has 0 aliphatic carbocycles. The fraction of sp³-hybridized carbons (Fsp3) is 0.250. The SMILES string of the molecule is Cc1ccc(-c2cccc(C(C)C#N)c2)cc1-n1cc(-c2cncc(N3CCOCC3)c2)cn1. The maximum absolute atomic E-state index is 9.29. The standard InChI is InChI=1S/C28H27N5O/c1-20-6-7-24(23-5-3-4-22(12-23)21(2)15-29)14-28(20)33-19-26(17-31-33)25-13-27(18-30-16-25)32-8-10-34-11-9-32/h3-7,12-14,16-19,21H,8-11H2,1-2H3. The average Bonchev–Trinajstić information content (AvgIpc) is 3.39. The number of ether oxygens (including phenoxy) is 1. The highest BCUT2D eigenvalue weighted by atomic mass is 16.5. The summed E-state index contributed by atoms with van der Waals surface area (Å²) in [5.74, 6) is -0.139. The summed E-state index contributed by atoms with van der Waals surface area (Å²) in [4.78, 5) is 6.78. The zero-order valence-corrected chi connectivity index (χ0v) is 19.5. The van der Waals surface area contributed by atoms with Crippen molar-refractivity contribution in [1.29, 1.82) is 5.26 Å². The summed E-state index contributed by atoms with van der Waals surface area (Å²) in [7, 11) is 0. The van der Waals surface area contributed by atoms with Crippen molar-refractivity contribution in [3.05, 3.63) is 84.4 Å². The van der Waals surface area contributed by atoms with Crippen molar-refractivity contribution in [1.82, 2.24) is 14.8 Å². The van der Waals surface area contributed by atoms with E-state index in [0.717, 1.165) is 71.1 Å². The molecule has 1 aliphatic rings. The van der Waals surface area contributed by atoms with Gasteiger partial charge in [-0.3, -0.25) is 4.98 Å². The summed E-state index contributed by atoms with van der Waals surface area (Å²) in [5, 5.41) is 14.0. The van der Waals surface area contributed by atoms with Crippen LogP contribution in [0.4, 0.5) is 5.69 Å². The minimum atomic E-state index is -0.139. The van der Waals surface area contributed by atoms with Gasteiger partial charge in [-0.2, -0.15) is 10.4 Å². The van der Waals surface area contributed by atoms with Crippen molar-refractivity contribution >= 4 is 5.69 Å². The van der Waals surface area contributed by atoms with E-state index >= 15 is 0 Å². The van der Waals surface area contributed by atoms with E-state index in [0.29, 0.717) is 0 Å². The van der Waals surface area contributed by atoms with Gasteiger partial charge in [0.05, 0.1) is 49.0 Å². The Labute approximate surface area is 200 Å². The number of benzene rings is 2. The Bertz CT molecular complexity index is 1350. The first kappa shape index (κ1) is 21.9. The fourth-order valence-corrected chi connectivity index (χ4v) is 4.28. The second-order valence-electron chi connectivity index (χ2n) is 8.68. The molecular weight excluding hydrogens is 422 g/mol. The van der Waals surface area contributed by atoms with Crippen LogP contribution in [0, 0.1) is 18.3 Å². The molecule has 6 heteroatoms. The van der Waals surface area contributed by atoms with E-state index in [9.17, 15) is 5.26 Å². The second-order valence-corrected chi connectivity index (χ2v) is 8.68. The summed E-state index contributed by atoms with van der Waals surface area (Å²) in [6.45, 7) is 7.27. The van der Waals surface area contributed by atoms with Crippen molar-refractivity contribution in [3.63, 3.8) is 0 Å². The molecule has 1 fully saturated rings. The number of rotatable bonds is 5. The third kappa shape index (κ3) is 4.43. The average molecular weight is 450 g/mol. The van der Waals surface area contributed by atoms with Crippen molar-refractivity contribution in [2.24, 2.45) is 0 Å². The highest BCUT2D eigenvalue weighted by Crippen LogP contribution is 2.29. The molecule has 2 aromatic heterocycles. The Morgan fingerprint density at radius 1 is 0.941 bits per heavy atom. The maximum atomic E-state index is 9.29. The van der Waals surface area contributed by atoms with Crippen LogP contribution >= 0.6 is 0 Å². The Balaban J connectivity index is 1.45. The van der Waals surface area contributed by atoms with E-state index in [1.54, 1.807) is 0 Å². The molecule has 4 aromatic rings. The first-order valence-electron chi connectivity index (χ1n) is 11.6. The minimum absolute atomic E-state index is 0.139. The van der Waals surface area contributed by atoms with Crippen molar-refractivity contribution in [3.8, 4) is 34.0 Å². The number of hydrogen-bond donors (Lipinski definition) is 0. The van der Waals surface area contributed by atoms with Gasteiger partial charge in [0.25, 0.3) is 0 Å². The van der Waals surface area contributed by atoms with Crippen LogP contribution in [0.5, 0.6) is 0 Å². The molecule has 170 valence electrons. The van der Waals surface area contributed by atoms with Crippen LogP contribution in [-0.4, -0.2) is 41.1 Å². The van der Waals surface area contributed by atoms with Gasteiger partial charge in [0.1, 0.15) is 0 Å². The van der Waals surface area contributed by atoms with Gasteiger partial charge >= 0.3 is 0 Å². The van der Waals surface area contributed by atoms with Crippen LogP contribution in [0.1, 0.15) is 24.0 Å². The summed E-state index contributed by atoms with van der Waals surface area (Å²) in [6.07, 6.45) is 7.74. The largest absolute Gasteiger partial charge is 0.378 e. The second kappa shape index (κ2) is 9.50. The topological polar surface area (TPSA) is 67.0 Å². The van der Waals surface area contributed by atoms with Crippen LogP contribution in [0.2, 0.25) is 0 Å². The van der Waals surface area contributed by atoms with Crippen LogP contribution in [0.15, 0.2) is 73.3 Å². The highest BCUT2D eigenvalue weighted by Gasteiger charge is 2.14. The van der Waals surface area contributed by atoms with Gasteiger partial charge in [-0.25, -0.2) is 4.68 Å². The fourth-order valence-electron chi connectivity index (χ4n) is 4.28. The van der Waals surface area contributed by atoms with Crippen LogP contribution in [-0.2, 0) is 4.74 Å². The number of aromatic nitrogens is 3. The summed E-state index contributed by atoms with van der Waals surface area (Å²) in [6, 6.07) is 19.1. The molecular formula is C28H27N5O. The number of morpholine rings is 1. The first-order chi connectivity index (χ1) is 16.6. The van der Waals surface area contributed by atoms with E-state index in [2.05, 4.69) is 70.6 Å². The maximum Gasteiger partial charge on any atom is 0.0700 e. The number of nitrogens with zero attached hydrogens (tertiary/aromatic N) is 5. The van der Waals surface area contributed by atoms with Gasteiger partial charge in [-0.05, 0) is 54.3 Å². The van der Waals surface area contributed by atoms with E-state index in [1.165, 1.54) is 0 Å². The first-order valence-corrected chi connectivity index (χ1v) is 11.6. The quantitative estimate of drug-likeness (QED) is 0.410. The molecule has 34 heavy (non-hydrogen) atoms. The minimum Gasteiger partial charge on any atom is -0.378 e. The van der Waals surface area contributed by atoms with Crippen LogP contribution in [0.25, 0.3) is 27.9 Å². The molecule has 0 saturated carbocycles. The number of pyridine rings is 1. The van der Waals surface area contributed by atoms with Gasteiger partial charge in [-0.1, -0.05) is 30.3 Å². The Hall–Kier alpha value is -3.95. The van der Waals surface area contributed by atoms with Gasteiger partial charge < -0.3 is 9.64 Å². The molecule has 1 unspecified atom stereocenters. The van der Waals surface area contributed by atoms with E-state index in [1.807, 2.05) is 42.3 Å². The van der Waals surface area contributed by atoms with Crippen LogP contribution < -0.4 is 4.90 Å². The molecule has 1 saturated heterocycles. The molecule has 0 amide bonds. The molecule has 0 radical (unpaired) electrons. The predicted molar refractivity (Wildman–Crippen MR) is 134 cm³/mol. The molecule has 1 aliphatic heterocycles. The highest BCUT2D eigenvalue weighted by molar-refractivity contribution is 5.70. The smallest absolute Gasteiger partial charge is 0.0700 e. The number of nitriles is 1. The van der Waals surface area contributed by atoms with Crippen LogP contribution in [0.3, 0.4) is 0 Å². The van der Waals surface area contributed by atoms with E-state index in [4.69, 9.17) is 4.74 Å². The van der Waals surface area contributed by atoms with Crippen molar-refractivity contribution in [2.45, 2.75) is 19.8 Å². The molecule has 5 rings (SSSR count). The van der Waals surface area contributed by atoms with E-state index < -0.39 is 0 Å². The lowest BCUT2D eigenvalue weighted by molar-refractivity contribution is 0.122. The zero-order valence-electron chi connectivity index (χ0n) is 19.5. The molecule has 0 bridgehead atoms. The molecule has 0 spiro atoms. The summed E-state index contributed by atoms with van der Waals surface area (Å²) in [5.41, 5.74) is 8.56. The third-order valence-corrected chi connectivity index (χ3v) is 6.39. The van der Waals surface area contributed by atoms with Crippen molar-refractivity contribution < 1.29 is 4.74 Å². The van der Waals surface area contributed by atoms with Gasteiger partial charge in [-0.15, -0.1) is 0 Å². The van der Waals surface area contributed by atoms with E-state index in [-0.39, 0.29) is 5.92 Å². The van der Waals surface area contributed by atoms with Gasteiger partial charge in [0, 0.05) is 36.6 Å². The zero-order chi connectivity index (χ0) is 23.5. The number of aryl methyl sites for hydroxylation is 1. The lowest BCUT2D eigenvalue weighted by atomic mass is 9.96. The molecule has 2 aromatic carbocycles. The number of hydrogen-bond acceptors (Lipinski definition) is 5. The molecule has 3 heterocycles.